The molecule has 0 spiro atoms. The number of fused-ring (bicyclic) bond motifs is 1. The van der Waals surface area contributed by atoms with Gasteiger partial charge in [0.15, 0.2) is 0 Å². The van der Waals surface area contributed by atoms with Gasteiger partial charge < -0.3 is 10.1 Å². The molecule has 28 heavy (non-hydrogen) atoms. The quantitative estimate of drug-likeness (QED) is 0.612. The number of cyclic esters (lactones) is 1. The van der Waals surface area contributed by atoms with Gasteiger partial charge in [-0.3, -0.25) is 4.79 Å². The standard InChI is InChI=1S/C23H18ClNO3/c1-14-3-2-4-19(11-14)25-22(26)16-7-10-20-17(12-16)13-21(28-23(20)27)15-5-8-18(24)9-6-15/h2-12,21H,13H2,1H3,(H,25,26)/t21-/m1/s1. The second-order valence-electron chi connectivity index (χ2n) is 6.85. The van der Waals surface area contributed by atoms with Gasteiger partial charge in [0.25, 0.3) is 5.91 Å². The molecule has 0 unspecified atom stereocenters. The SMILES string of the molecule is Cc1cccc(NC(=O)c2ccc3c(c2)C[C@H](c2ccc(Cl)cc2)OC3=O)c1. The van der Waals surface area contributed by atoms with Crippen molar-refractivity contribution in [3.63, 3.8) is 0 Å². The molecule has 0 saturated carbocycles. The van der Waals surface area contributed by atoms with Crippen LogP contribution in [0.15, 0.2) is 66.7 Å². The van der Waals surface area contributed by atoms with Gasteiger partial charge in [0.05, 0.1) is 5.56 Å². The Morgan fingerprint density at radius 3 is 2.61 bits per heavy atom. The van der Waals surface area contributed by atoms with Crippen LogP contribution in [0.5, 0.6) is 0 Å². The Bertz CT molecular complexity index is 1060. The molecule has 3 aromatic carbocycles. The van der Waals surface area contributed by atoms with Crippen molar-refractivity contribution in [1.29, 1.82) is 0 Å². The molecule has 0 bridgehead atoms. The number of aryl methyl sites for hydroxylation is 1. The molecule has 0 aliphatic carbocycles. The first-order valence-electron chi connectivity index (χ1n) is 8.97. The Morgan fingerprint density at radius 1 is 1.07 bits per heavy atom. The van der Waals surface area contributed by atoms with E-state index in [1.165, 1.54) is 0 Å². The lowest BCUT2D eigenvalue weighted by molar-refractivity contribution is 0.0252. The average Bonchev–Trinajstić information content (AvgIpc) is 2.68. The molecule has 0 radical (unpaired) electrons. The van der Waals surface area contributed by atoms with Crippen LogP contribution in [0.1, 0.15) is 43.5 Å². The minimum absolute atomic E-state index is 0.213. The van der Waals surface area contributed by atoms with E-state index in [4.69, 9.17) is 16.3 Å². The highest BCUT2D eigenvalue weighted by atomic mass is 35.5. The summed E-state index contributed by atoms with van der Waals surface area (Å²) in [6.07, 6.45) is 0.112. The van der Waals surface area contributed by atoms with E-state index < -0.39 is 6.10 Å². The Labute approximate surface area is 168 Å². The first kappa shape index (κ1) is 18.3. The van der Waals surface area contributed by atoms with Gasteiger partial charge in [-0.25, -0.2) is 4.79 Å². The summed E-state index contributed by atoms with van der Waals surface area (Å²) in [4.78, 5) is 25.0. The fourth-order valence-electron chi connectivity index (χ4n) is 3.33. The number of nitrogens with one attached hydrogen (secondary N) is 1. The number of carbonyl (C=O) groups is 2. The van der Waals surface area contributed by atoms with E-state index in [9.17, 15) is 9.59 Å². The van der Waals surface area contributed by atoms with Crippen LogP contribution in [0.25, 0.3) is 0 Å². The number of esters is 1. The first-order chi connectivity index (χ1) is 13.5. The largest absolute Gasteiger partial charge is 0.454 e. The van der Waals surface area contributed by atoms with E-state index in [2.05, 4.69) is 5.32 Å². The third kappa shape index (κ3) is 3.78. The van der Waals surface area contributed by atoms with Gasteiger partial charge >= 0.3 is 5.97 Å². The fourth-order valence-corrected chi connectivity index (χ4v) is 3.45. The fraction of sp³-hybridized carbons (Fsp3) is 0.130. The van der Waals surface area contributed by atoms with Crippen LogP contribution in [0.2, 0.25) is 5.02 Å². The van der Waals surface area contributed by atoms with Gasteiger partial charge in [-0.05, 0) is 66.1 Å². The Hall–Kier alpha value is -3.11. The van der Waals surface area contributed by atoms with Crippen LogP contribution in [0.4, 0.5) is 5.69 Å². The van der Waals surface area contributed by atoms with Crippen LogP contribution < -0.4 is 5.32 Å². The zero-order chi connectivity index (χ0) is 19.7. The predicted molar refractivity (Wildman–Crippen MR) is 109 cm³/mol. The number of hydrogen-bond acceptors (Lipinski definition) is 3. The summed E-state index contributed by atoms with van der Waals surface area (Å²) in [5.41, 5.74) is 4.48. The van der Waals surface area contributed by atoms with Crippen molar-refractivity contribution in [2.45, 2.75) is 19.4 Å². The molecule has 0 aromatic heterocycles. The van der Waals surface area contributed by atoms with Crippen LogP contribution in [0.3, 0.4) is 0 Å². The lowest BCUT2D eigenvalue weighted by atomic mass is 9.93. The molecule has 0 saturated heterocycles. The lowest BCUT2D eigenvalue weighted by Crippen LogP contribution is -2.23. The molecule has 5 heteroatoms. The van der Waals surface area contributed by atoms with Crippen molar-refractivity contribution >= 4 is 29.2 Å². The van der Waals surface area contributed by atoms with Crippen molar-refractivity contribution < 1.29 is 14.3 Å². The molecular weight excluding hydrogens is 374 g/mol. The smallest absolute Gasteiger partial charge is 0.339 e. The van der Waals surface area contributed by atoms with Gasteiger partial charge in [0, 0.05) is 22.7 Å². The highest BCUT2D eigenvalue weighted by molar-refractivity contribution is 6.30. The topological polar surface area (TPSA) is 55.4 Å². The molecule has 1 atom stereocenters. The summed E-state index contributed by atoms with van der Waals surface area (Å²) in [6.45, 7) is 1.97. The summed E-state index contributed by atoms with van der Waals surface area (Å²) in [5, 5.41) is 3.52. The summed E-state index contributed by atoms with van der Waals surface area (Å²) in [5.74, 6) is -0.595. The van der Waals surface area contributed by atoms with Crippen molar-refractivity contribution in [3.8, 4) is 0 Å². The van der Waals surface area contributed by atoms with E-state index in [1.807, 2.05) is 43.3 Å². The van der Waals surface area contributed by atoms with Crippen molar-refractivity contribution in [1.82, 2.24) is 0 Å². The van der Waals surface area contributed by atoms with Crippen molar-refractivity contribution in [3.05, 3.63) is 99.6 Å². The van der Waals surface area contributed by atoms with Gasteiger partial charge in [-0.1, -0.05) is 35.9 Å². The number of carbonyl (C=O) groups excluding carboxylic acids is 2. The molecule has 1 aliphatic rings. The van der Waals surface area contributed by atoms with Gasteiger partial charge in [-0.2, -0.15) is 0 Å². The lowest BCUT2D eigenvalue weighted by Gasteiger charge is -2.25. The number of anilines is 1. The molecule has 140 valence electrons. The molecule has 1 aliphatic heterocycles. The number of halogens is 1. The number of ether oxygens (including phenoxy) is 1. The van der Waals surface area contributed by atoms with Crippen LogP contribution in [0, 0.1) is 6.92 Å². The van der Waals surface area contributed by atoms with E-state index >= 15 is 0 Å². The number of amides is 1. The number of rotatable bonds is 3. The number of benzene rings is 3. The van der Waals surface area contributed by atoms with Crippen LogP contribution >= 0.6 is 11.6 Å². The Kier molecular flexibility index (Phi) is 4.88. The average molecular weight is 392 g/mol. The highest BCUT2D eigenvalue weighted by Gasteiger charge is 2.28. The van der Waals surface area contributed by atoms with E-state index in [0.717, 1.165) is 22.4 Å². The Balaban J connectivity index is 1.58. The zero-order valence-corrected chi connectivity index (χ0v) is 16.0. The molecule has 1 N–H and O–H groups in total. The summed E-state index contributed by atoms with van der Waals surface area (Å²) >= 11 is 5.94. The first-order valence-corrected chi connectivity index (χ1v) is 9.35. The van der Waals surface area contributed by atoms with Crippen LogP contribution in [-0.4, -0.2) is 11.9 Å². The predicted octanol–water partition coefficient (Wildman–Crippen LogP) is 5.35. The molecule has 1 amide bonds. The highest BCUT2D eigenvalue weighted by Crippen LogP contribution is 2.31. The van der Waals surface area contributed by atoms with E-state index in [1.54, 1.807) is 30.3 Å². The maximum atomic E-state index is 12.6. The second kappa shape index (κ2) is 7.49. The van der Waals surface area contributed by atoms with Gasteiger partial charge in [0.1, 0.15) is 6.10 Å². The molecule has 4 nitrogen and oxygen atoms in total. The maximum Gasteiger partial charge on any atom is 0.339 e. The van der Waals surface area contributed by atoms with E-state index in [0.29, 0.717) is 22.6 Å². The summed E-state index contributed by atoms with van der Waals surface area (Å²) in [6, 6.07) is 19.9. The second-order valence-corrected chi connectivity index (χ2v) is 7.28. The van der Waals surface area contributed by atoms with Crippen molar-refractivity contribution in [2.24, 2.45) is 0 Å². The maximum absolute atomic E-state index is 12.6. The van der Waals surface area contributed by atoms with Crippen LogP contribution in [-0.2, 0) is 11.2 Å². The third-order valence-electron chi connectivity index (χ3n) is 4.76. The Morgan fingerprint density at radius 2 is 1.86 bits per heavy atom. The van der Waals surface area contributed by atoms with Gasteiger partial charge in [-0.15, -0.1) is 0 Å². The summed E-state index contributed by atoms with van der Waals surface area (Å²) < 4.78 is 5.57. The van der Waals surface area contributed by atoms with Gasteiger partial charge in [0.2, 0.25) is 0 Å². The monoisotopic (exact) mass is 391 g/mol. The third-order valence-corrected chi connectivity index (χ3v) is 5.01. The summed E-state index contributed by atoms with van der Waals surface area (Å²) in [7, 11) is 0. The molecule has 0 fully saturated rings. The normalized spacial score (nSPS) is 15.5. The number of hydrogen-bond donors (Lipinski definition) is 1. The molecule has 1 heterocycles. The minimum Gasteiger partial charge on any atom is -0.454 e. The molecular formula is C23H18ClNO3. The van der Waals surface area contributed by atoms with Crippen molar-refractivity contribution in [2.75, 3.05) is 5.32 Å². The molecule has 3 aromatic rings. The van der Waals surface area contributed by atoms with E-state index in [-0.39, 0.29) is 11.9 Å². The molecule has 4 rings (SSSR count). The zero-order valence-electron chi connectivity index (χ0n) is 15.2. The minimum atomic E-state index is -0.396.